The number of hydrogen-bond acceptors (Lipinski definition) is 6. The van der Waals surface area contributed by atoms with Crippen LogP contribution in [0.4, 0.5) is 4.39 Å². The molecule has 1 unspecified atom stereocenters. The molecule has 0 saturated carbocycles. The largest absolute Gasteiger partial charge is 0.504 e. The SMILES string of the molecule is COC[C@H]1C[C@]2(C(C)Cc3cc(O)c(OC)cc3F)OCOC2=CC1=O. The number of benzene rings is 1. The van der Waals surface area contributed by atoms with Crippen LogP contribution in [0, 0.1) is 17.7 Å². The Morgan fingerprint density at radius 1 is 1.42 bits per heavy atom. The molecule has 2 aliphatic rings. The summed E-state index contributed by atoms with van der Waals surface area (Å²) in [6.07, 6.45) is 2.19. The summed E-state index contributed by atoms with van der Waals surface area (Å²) in [4.78, 5) is 12.2. The van der Waals surface area contributed by atoms with E-state index in [0.29, 0.717) is 24.2 Å². The molecular weight excluding hydrogens is 343 g/mol. The zero-order valence-electron chi connectivity index (χ0n) is 15.1. The first-order valence-electron chi connectivity index (χ1n) is 8.48. The summed E-state index contributed by atoms with van der Waals surface area (Å²) in [6.45, 7) is 2.26. The Hall–Kier alpha value is -2.12. The fourth-order valence-electron chi connectivity index (χ4n) is 3.76. The Morgan fingerprint density at radius 2 is 2.19 bits per heavy atom. The van der Waals surface area contributed by atoms with Crippen molar-refractivity contribution in [2.75, 3.05) is 27.6 Å². The van der Waals surface area contributed by atoms with E-state index >= 15 is 0 Å². The topological polar surface area (TPSA) is 74.2 Å². The summed E-state index contributed by atoms with van der Waals surface area (Å²) >= 11 is 0. The average molecular weight is 366 g/mol. The third kappa shape index (κ3) is 3.17. The predicted octanol–water partition coefficient (Wildman–Crippen LogP) is 2.58. The molecule has 1 aromatic rings. The molecule has 1 aromatic carbocycles. The van der Waals surface area contributed by atoms with Gasteiger partial charge < -0.3 is 24.1 Å². The number of fused-ring (bicyclic) bond motifs is 1. The molecule has 26 heavy (non-hydrogen) atoms. The smallest absolute Gasteiger partial charge is 0.189 e. The number of methoxy groups -OCH3 is 2. The van der Waals surface area contributed by atoms with Gasteiger partial charge in [0.25, 0.3) is 0 Å². The summed E-state index contributed by atoms with van der Waals surface area (Å²) < 4.78 is 35.9. The lowest BCUT2D eigenvalue weighted by molar-refractivity contribution is -0.125. The Labute approximate surface area is 151 Å². The van der Waals surface area contributed by atoms with E-state index in [0.717, 1.165) is 6.07 Å². The molecule has 6 nitrogen and oxygen atoms in total. The van der Waals surface area contributed by atoms with Gasteiger partial charge in [-0.15, -0.1) is 0 Å². The molecule has 1 heterocycles. The van der Waals surface area contributed by atoms with Crippen molar-refractivity contribution in [3.8, 4) is 11.5 Å². The number of phenolic OH excluding ortho intramolecular Hbond substituents is 1. The molecule has 0 bridgehead atoms. The van der Waals surface area contributed by atoms with Gasteiger partial charge in [-0.05, 0) is 30.4 Å². The second kappa shape index (κ2) is 7.25. The minimum absolute atomic E-state index is 0.0524. The second-order valence-electron chi connectivity index (χ2n) is 6.78. The van der Waals surface area contributed by atoms with E-state index in [1.54, 1.807) is 7.11 Å². The molecule has 0 amide bonds. The lowest BCUT2D eigenvalue weighted by atomic mass is 9.72. The molecule has 1 aliphatic carbocycles. The van der Waals surface area contributed by atoms with Gasteiger partial charge in [0.05, 0.1) is 13.7 Å². The molecule has 1 fully saturated rings. The molecule has 1 aliphatic heterocycles. The quantitative estimate of drug-likeness (QED) is 0.834. The minimum atomic E-state index is -0.806. The van der Waals surface area contributed by atoms with Crippen LogP contribution in [0.5, 0.6) is 11.5 Å². The van der Waals surface area contributed by atoms with Crippen molar-refractivity contribution in [2.45, 2.75) is 25.4 Å². The van der Waals surface area contributed by atoms with Gasteiger partial charge in [-0.2, -0.15) is 0 Å². The summed E-state index contributed by atoms with van der Waals surface area (Å²) in [6, 6.07) is 2.52. The maximum absolute atomic E-state index is 14.4. The van der Waals surface area contributed by atoms with Gasteiger partial charge in [-0.25, -0.2) is 4.39 Å². The number of halogens is 1. The number of rotatable bonds is 6. The van der Waals surface area contributed by atoms with E-state index in [1.807, 2.05) is 6.92 Å². The molecule has 7 heteroatoms. The Kier molecular flexibility index (Phi) is 5.20. The summed E-state index contributed by atoms with van der Waals surface area (Å²) in [5.74, 6) is -0.588. The third-order valence-corrected chi connectivity index (χ3v) is 5.21. The van der Waals surface area contributed by atoms with E-state index in [-0.39, 0.29) is 42.5 Å². The van der Waals surface area contributed by atoms with Gasteiger partial charge in [0.2, 0.25) is 0 Å². The highest BCUT2D eigenvalue weighted by Gasteiger charge is 2.52. The van der Waals surface area contributed by atoms with E-state index in [2.05, 4.69) is 0 Å². The summed E-state index contributed by atoms with van der Waals surface area (Å²) in [5.41, 5.74) is -0.459. The van der Waals surface area contributed by atoms with Crippen LogP contribution < -0.4 is 4.74 Å². The number of ether oxygens (including phenoxy) is 4. The van der Waals surface area contributed by atoms with Crippen molar-refractivity contribution in [3.05, 3.63) is 35.3 Å². The average Bonchev–Trinajstić information content (AvgIpc) is 3.02. The van der Waals surface area contributed by atoms with Crippen LogP contribution in [-0.4, -0.2) is 44.1 Å². The lowest BCUT2D eigenvalue weighted by Gasteiger charge is -2.38. The highest BCUT2D eigenvalue weighted by atomic mass is 19.1. The number of allylic oxidation sites excluding steroid dienone is 1. The van der Waals surface area contributed by atoms with Gasteiger partial charge in [0, 0.05) is 25.2 Å². The Balaban J connectivity index is 1.88. The van der Waals surface area contributed by atoms with Gasteiger partial charge in [-0.1, -0.05) is 6.92 Å². The summed E-state index contributed by atoms with van der Waals surface area (Å²) in [7, 11) is 2.91. The van der Waals surface area contributed by atoms with Crippen molar-refractivity contribution in [2.24, 2.45) is 11.8 Å². The standard InChI is InChI=1S/C19H23FO6/c1-11(4-12-5-16(22)17(24-3)6-14(12)20)19-8-13(9-23-2)15(21)7-18(19)25-10-26-19/h5-7,11,13,22H,4,8-10H2,1-3H3/t11?,13-,19-/m1/s1. The Morgan fingerprint density at radius 3 is 2.88 bits per heavy atom. The molecule has 0 aromatic heterocycles. The zero-order chi connectivity index (χ0) is 18.9. The van der Waals surface area contributed by atoms with Crippen LogP contribution in [0.2, 0.25) is 0 Å². The molecular formula is C19H23FO6. The van der Waals surface area contributed by atoms with Crippen molar-refractivity contribution in [3.63, 3.8) is 0 Å². The van der Waals surface area contributed by atoms with E-state index < -0.39 is 11.4 Å². The van der Waals surface area contributed by atoms with Gasteiger partial charge in [-0.3, -0.25) is 4.79 Å². The van der Waals surface area contributed by atoms with Crippen molar-refractivity contribution in [1.82, 2.24) is 0 Å². The molecule has 142 valence electrons. The number of phenols is 1. The lowest BCUT2D eigenvalue weighted by Crippen LogP contribution is -2.46. The number of ketones is 1. The minimum Gasteiger partial charge on any atom is -0.504 e. The fraction of sp³-hybridized carbons (Fsp3) is 0.526. The zero-order valence-corrected chi connectivity index (χ0v) is 15.1. The van der Waals surface area contributed by atoms with E-state index in [1.165, 1.54) is 19.3 Å². The van der Waals surface area contributed by atoms with Crippen LogP contribution >= 0.6 is 0 Å². The van der Waals surface area contributed by atoms with Crippen LogP contribution in [0.15, 0.2) is 24.0 Å². The molecule has 3 atom stereocenters. The number of aromatic hydroxyl groups is 1. The maximum atomic E-state index is 14.4. The van der Waals surface area contributed by atoms with Crippen LogP contribution in [0.1, 0.15) is 18.9 Å². The van der Waals surface area contributed by atoms with Crippen molar-refractivity contribution >= 4 is 5.78 Å². The number of carbonyl (C=O) groups excluding carboxylic acids is 1. The van der Waals surface area contributed by atoms with Gasteiger partial charge in [0.15, 0.2) is 24.1 Å². The van der Waals surface area contributed by atoms with Crippen LogP contribution in [-0.2, 0) is 25.4 Å². The summed E-state index contributed by atoms with van der Waals surface area (Å²) in [5, 5.41) is 9.95. The molecule has 3 rings (SSSR count). The van der Waals surface area contributed by atoms with E-state index in [4.69, 9.17) is 18.9 Å². The van der Waals surface area contributed by atoms with E-state index in [9.17, 15) is 14.3 Å². The first-order chi connectivity index (χ1) is 12.4. The first kappa shape index (κ1) is 18.7. The number of hydrogen-bond donors (Lipinski definition) is 1. The van der Waals surface area contributed by atoms with Crippen LogP contribution in [0.25, 0.3) is 0 Å². The highest BCUT2D eigenvalue weighted by molar-refractivity contribution is 5.93. The Bertz CT molecular complexity index is 731. The van der Waals surface area contributed by atoms with Gasteiger partial charge in [0.1, 0.15) is 17.2 Å². The fourth-order valence-corrected chi connectivity index (χ4v) is 3.76. The monoisotopic (exact) mass is 366 g/mol. The van der Waals surface area contributed by atoms with Crippen molar-refractivity contribution in [1.29, 1.82) is 0 Å². The molecule has 0 radical (unpaired) electrons. The molecule has 0 spiro atoms. The second-order valence-corrected chi connectivity index (χ2v) is 6.78. The molecule has 1 N–H and O–H groups in total. The van der Waals surface area contributed by atoms with Crippen molar-refractivity contribution < 1.29 is 33.2 Å². The normalized spacial score (nSPS) is 26.1. The first-order valence-corrected chi connectivity index (χ1v) is 8.48. The predicted molar refractivity (Wildman–Crippen MR) is 90.3 cm³/mol. The van der Waals surface area contributed by atoms with Gasteiger partial charge >= 0.3 is 0 Å². The number of carbonyl (C=O) groups is 1. The highest BCUT2D eigenvalue weighted by Crippen LogP contribution is 2.46. The third-order valence-electron chi connectivity index (χ3n) is 5.21. The maximum Gasteiger partial charge on any atom is 0.189 e. The molecule has 1 saturated heterocycles. The van der Waals surface area contributed by atoms with Crippen LogP contribution in [0.3, 0.4) is 0 Å².